The van der Waals surface area contributed by atoms with E-state index in [1.54, 1.807) is 12.1 Å². The number of hydrogen-bond acceptors (Lipinski definition) is 7. The highest BCUT2D eigenvalue weighted by Gasteiger charge is 2.36. The summed E-state index contributed by atoms with van der Waals surface area (Å²) in [6.07, 6.45) is 1.59. The Labute approximate surface area is 217 Å². The van der Waals surface area contributed by atoms with Crippen molar-refractivity contribution < 1.29 is 23.5 Å². The second-order valence-electron chi connectivity index (χ2n) is 8.92. The lowest BCUT2D eigenvalue weighted by atomic mass is 10.0. The van der Waals surface area contributed by atoms with E-state index in [9.17, 15) is 18.8 Å². The van der Waals surface area contributed by atoms with Crippen LogP contribution < -0.4 is 21.7 Å². The molecule has 2 aromatic carbocycles. The van der Waals surface area contributed by atoms with Gasteiger partial charge in [-0.1, -0.05) is 18.2 Å². The van der Waals surface area contributed by atoms with Crippen molar-refractivity contribution in [3.63, 3.8) is 0 Å². The average Bonchev–Trinajstić information content (AvgIpc) is 3.53. The van der Waals surface area contributed by atoms with Crippen molar-refractivity contribution in [2.75, 3.05) is 23.8 Å². The van der Waals surface area contributed by atoms with Crippen molar-refractivity contribution in [2.24, 2.45) is 5.73 Å². The quantitative estimate of drug-likeness (QED) is 0.412. The number of primary amides is 1. The van der Waals surface area contributed by atoms with Crippen LogP contribution in [-0.2, 0) is 9.53 Å². The van der Waals surface area contributed by atoms with Crippen molar-refractivity contribution in [2.45, 2.75) is 38.8 Å². The van der Waals surface area contributed by atoms with Crippen LogP contribution in [0.3, 0.4) is 0 Å². The van der Waals surface area contributed by atoms with E-state index >= 15 is 0 Å². The van der Waals surface area contributed by atoms with Gasteiger partial charge in [0.05, 0.1) is 11.8 Å². The van der Waals surface area contributed by atoms with Gasteiger partial charge in [0.25, 0.3) is 11.8 Å². The van der Waals surface area contributed by atoms with Gasteiger partial charge in [-0.15, -0.1) is 0 Å². The van der Waals surface area contributed by atoms with Crippen molar-refractivity contribution in [1.29, 1.82) is 0 Å². The molecule has 0 saturated carbocycles. The minimum absolute atomic E-state index is 0.0361. The molecule has 2 atom stereocenters. The molecule has 9 nitrogen and oxygen atoms in total. The second-order valence-corrected chi connectivity index (χ2v) is 9.69. The molecule has 2 heterocycles. The van der Waals surface area contributed by atoms with Crippen LogP contribution in [0.2, 0.25) is 0 Å². The molecular weight excluding hydrogens is 497 g/mol. The van der Waals surface area contributed by atoms with Crippen LogP contribution in [0.1, 0.15) is 55.7 Å². The smallest absolute Gasteiger partial charge is 0.273 e. The summed E-state index contributed by atoms with van der Waals surface area (Å²) in [5.41, 5.74) is 13.8. The molecule has 3 amide bonds. The van der Waals surface area contributed by atoms with Gasteiger partial charge in [-0.25, -0.2) is 4.39 Å². The number of halogens is 1. The van der Waals surface area contributed by atoms with Gasteiger partial charge in [0.15, 0.2) is 5.69 Å². The largest absolute Gasteiger partial charge is 0.395 e. The molecule has 11 heteroatoms. The monoisotopic (exact) mass is 525 g/mol. The summed E-state index contributed by atoms with van der Waals surface area (Å²) in [6.45, 7) is 4.71. The molecule has 0 bridgehead atoms. The van der Waals surface area contributed by atoms with Gasteiger partial charge in [-0.05, 0) is 79.2 Å². The van der Waals surface area contributed by atoms with Gasteiger partial charge < -0.3 is 21.5 Å². The minimum Gasteiger partial charge on any atom is -0.395 e. The molecule has 0 unspecified atom stereocenters. The first-order valence-corrected chi connectivity index (χ1v) is 12.5. The van der Waals surface area contributed by atoms with E-state index in [-0.39, 0.29) is 28.9 Å². The molecule has 3 aromatic rings. The van der Waals surface area contributed by atoms with Crippen LogP contribution in [0.5, 0.6) is 0 Å². The van der Waals surface area contributed by atoms with Gasteiger partial charge in [0, 0.05) is 18.8 Å². The first-order chi connectivity index (χ1) is 17.7. The Morgan fingerprint density at radius 3 is 2.51 bits per heavy atom. The highest BCUT2D eigenvalue weighted by Crippen LogP contribution is 2.34. The Bertz CT molecular complexity index is 1320. The van der Waals surface area contributed by atoms with E-state index < -0.39 is 29.6 Å². The minimum atomic E-state index is -1.19. The number of nitrogens with zero attached hydrogens (tertiary/aromatic N) is 2. The third kappa shape index (κ3) is 5.62. The Morgan fingerprint density at radius 2 is 1.92 bits per heavy atom. The van der Waals surface area contributed by atoms with E-state index in [4.69, 9.17) is 16.2 Å². The number of nitrogen functional groups attached to an aromatic ring is 1. The maximum Gasteiger partial charge on any atom is 0.273 e. The maximum atomic E-state index is 14.0. The third-order valence-corrected chi connectivity index (χ3v) is 7.21. The SMILES string of the molecule is Cc1ccc(N(C(=O)c2snc(C(N)=O)c2N)[C@@H](C(=O)NC[C@H]2CCCO2)c2ccc(F)cc2)cc1C. The summed E-state index contributed by atoms with van der Waals surface area (Å²) in [6, 6.07) is 9.52. The molecule has 37 heavy (non-hydrogen) atoms. The number of carbonyl (C=O) groups is 3. The van der Waals surface area contributed by atoms with Crippen LogP contribution in [0.15, 0.2) is 42.5 Å². The summed E-state index contributed by atoms with van der Waals surface area (Å²) < 4.78 is 23.4. The Hall–Kier alpha value is -3.83. The number of ether oxygens (including phenoxy) is 1. The standard InChI is InChI=1S/C26H28FN5O4S/c1-14-5-10-18(12-15(14)2)32(26(35)23-20(28)21(24(29)33)31-37-23)22(16-6-8-17(27)9-7-16)25(34)30-13-19-4-3-11-36-19/h5-10,12,19,22H,3-4,11,13,28H2,1-2H3,(H2,29,33)(H,30,34)/t19-,22-/m1/s1. The number of hydrogen-bond donors (Lipinski definition) is 3. The van der Waals surface area contributed by atoms with Gasteiger partial charge in [0.2, 0.25) is 5.91 Å². The fourth-order valence-corrected chi connectivity index (χ4v) is 4.92. The lowest BCUT2D eigenvalue weighted by molar-refractivity contribution is -0.123. The first-order valence-electron chi connectivity index (χ1n) is 11.8. The fraction of sp³-hybridized carbons (Fsp3) is 0.308. The molecule has 4 rings (SSSR count). The number of amides is 3. The molecule has 1 fully saturated rings. The molecule has 5 N–H and O–H groups in total. The van der Waals surface area contributed by atoms with Crippen LogP contribution in [-0.4, -0.2) is 41.4 Å². The third-order valence-electron chi connectivity index (χ3n) is 6.36. The van der Waals surface area contributed by atoms with Gasteiger partial charge in [-0.3, -0.25) is 19.3 Å². The van der Waals surface area contributed by atoms with Gasteiger partial charge in [0.1, 0.15) is 16.7 Å². The summed E-state index contributed by atoms with van der Waals surface area (Å²) in [5, 5.41) is 2.89. The van der Waals surface area contributed by atoms with Crippen molar-refractivity contribution in [3.05, 3.63) is 75.5 Å². The van der Waals surface area contributed by atoms with Crippen LogP contribution in [0, 0.1) is 19.7 Å². The average molecular weight is 526 g/mol. The van der Waals surface area contributed by atoms with Crippen LogP contribution in [0.25, 0.3) is 0 Å². The predicted molar refractivity (Wildman–Crippen MR) is 139 cm³/mol. The number of nitrogens with two attached hydrogens (primary N) is 2. The number of aromatic nitrogens is 1. The van der Waals surface area contributed by atoms with E-state index in [0.717, 1.165) is 35.5 Å². The molecule has 1 aliphatic heterocycles. The molecule has 0 aliphatic carbocycles. The summed E-state index contributed by atoms with van der Waals surface area (Å²) in [7, 11) is 0. The van der Waals surface area contributed by atoms with E-state index in [2.05, 4.69) is 9.69 Å². The fourth-order valence-electron chi connectivity index (χ4n) is 4.18. The normalized spacial score (nSPS) is 15.8. The zero-order chi connectivity index (χ0) is 26.7. The molecular formula is C26H28FN5O4S. The van der Waals surface area contributed by atoms with E-state index in [0.29, 0.717) is 17.9 Å². The summed E-state index contributed by atoms with van der Waals surface area (Å²) in [4.78, 5) is 40.7. The van der Waals surface area contributed by atoms with Crippen LogP contribution in [0.4, 0.5) is 15.8 Å². The first kappa shape index (κ1) is 26.2. The zero-order valence-electron chi connectivity index (χ0n) is 20.5. The van der Waals surface area contributed by atoms with Gasteiger partial charge >= 0.3 is 0 Å². The Kier molecular flexibility index (Phi) is 7.84. The number of benzene rings is 2. The van der Waals surface area contributed by atoms with Crippen molar-refractivity contribution in [1.82, 2.24) is 9.69 Å². The predicted octanol–water partition coefficient (Wildman–Crippen LogP) is 3.26. The summed E-state index contributed by atoms with van der Waals surface area (Å²) >= 11 is 0.725. The van der Waals surface area contributed by atoms with Crippen molar-refractivity contribution in [3.8, 4) is 0 Å². The number of aryl methyl sites for hydroxylation is 2. The lowest BCUT2D eigenvalue weighted by Gasteiger charge is -2.32. The van der Waals surface area contributed by atoms with E-state index in [1.165, 1.54) is 29.2 Å². The second kappa shape index (κ2) is 11.1. The molecule has 0 radical (unpaired) electrons. The lowest BCUT2D eigenvalue weighted by Crippen LogP contribution is -2.45. The van der Waals surface area contributed by atoms with Gasteiger partial charge in [-0.2, -0.15) is 4.37 Å². The molecule has 0 spiro atoms. The topological polar surface area (TPSA) is 141 Å². The van der Waals surface area contributed by atoms with Crippen molar-refractivity contribution >= 4 is 40.6 Å². The van der Waals surface area contributed by atoms with E-state index in [1.807, 2.05) is 19.9 Å². The number of rotatable bonds is 8. The Morgan fingerprint density at radius 1 is 1.19 bits per heavy atom. The molecule has 1 saturated heterocycles. The molecule has 1 aromatic heterocycles. The number of carbonyl (C=O) groups excluding carboxylic acids is 3. The number of anilines is 2. The highest BCUT2D eigenvalue weighted by atomic mass is 32.1. The summed E-state index contributed by atoms with van der Waals surface area (Å²) in [5.74, 6) is -2.47. The zero-order valence-corrected chi connectivity index (χ0v) is 21.3. The molecule has 194 valence electrons. The highest BCUT2D eigenvalue weighted by molar-refractivity contribution is 7.09. The van der Waals surface area contributed by atoms with Crippen LogP contribution >= 0.6 is 11.5 Å². The molecule has 1 aliphatic rings. The number of nitrogens with one attached hydrogen (secondary N) is 1. The maximum absolute atomic E-state index is 14.0. The Balaban J connectivity index is 1.82.